The van der Waals surface area contributed by atoms with Crippen LogP contribution in [0, 0.1) is 0 Å². The summed E-state index contributed by atoms with van der Waals surface area (Å²) in [6.07, 6.45) is 1.16. The zero-order chi connectivity index (χ0) is 5.28. The highest BCUT2D eigenvalue weighted by Crippen LogP contribution is 1.84. The molecule has 2 N–H and O–H groups in total. The summed E-state index contributed by atoms with van der Waals surface area (Å²) in [6, 6.07) is 0. The first-order valence-electron chi connectivity index (χ1n) is 1.64. The monoisotopic (exact) mass is 97.0 g/mol. The van der Waals surface area contributed by atoms with Crippen LogP contribution >= 0.6 is 0 Å². The lowest BCUT2D eigenvalue weighted by molar-refractivity contribution is 0.707. The molecule has 0 fully saturated rings. The number of hydrogen-bond acceptors (Lipinski definition) is 2. The maximum atomic E-state index is 6.65. The van der Waals surface area contributed by atoms with Gasteiger partial charge in [0.1, 0.15) is 6.33 Å². The molecule has 5 heteroatoms. The summed E-state index contributed by atoms with van der Waals surface area (Å²) in [4.78, 5) is 4.09. The van der Waals surface area contributed by atoms with E-state index in [0.29, 0.717) is 0 Å². The van der Waals surface area contributed by atoms with Crippen LogP contribution < -0.4 is 11.6 Å². The molecule has 0 aromatic carbocycles. The van der Waals surface area contributed by atoms with E-state index in [1.807, 2.05) is 0 Å². The Kier molecular flexibility index (Phi) is 0.619. The highest BCUT2D eigenvalue weighted by Gasteiger charge is 1.87. The Bertz CT molecular complexity index is 138. The minimum absolute atomic E-state index is 0.116. The Morgan fingerprint density at radius 3 is 2.57 bits per heavy atom. The van der Waals surface area contributed by atoms with E-state index < -0.39 is 0 Å². The summed E-state index contributed by atoms with van der Waals surface area (Å²) in [5.41, 5.74) is 6.65. The molecule has 0 atom stereocenters. The van der Waals surface area contributed by atoms with Crippen LogP contribution in [-0.4, -0.2) is 14.9 Å². The number of rotatable bonds is 0. The van der Waals surface area contributed by atoms with Crippen molar-refractivity contribution in [3.8, 4) is 0 Å². The topological polar surface area (TPSA) is 78.3 Å². The minimum atomic E-state index is -0.116. The van der Waals surface area contributed by atoms with Gasteiger partial charge in [-0.1, -0.05) is 0 Å². The van der Waals surface area contributed by atoms with E-state index >= 15 is 0 Å². The van der Waals surface area contributed by atoms with Gasteiger partial charge in [0.05, 0.1) is 0 Å². The van der Waals surface area contributed by atoms with E-state index in [0.717, 1.165) is 11.1 Å². The smallest absolute Gasteiger partial charge is 0.263 e. The molecule has 0 aliphatic rings. The molecule has 1 heterocycles. The van der Waals surface area contributed by atoms with Crippen LogP contribution in [0.3, 0.4) is 0 Å². The highest BCUT2D eigenvalue weighted by atomic mass is 15.5. The van der Waals surface area contributed by atoms with E-state index in [-0.39, 0.29) is 5.95 Å². The molecule has 0 spiro atoms. The first kappa shape index (κ1) is 3.91. The SMILES string of the molecule is [NH]c1ncn([NH])n1. The van der Waals surface area contributed by atoms with Crippen LogP contribution in [0.5, 0.6) is 0 Å². The van der Waals surface area contributed by atoms with Gasteiger partial charge in [0.15, 0.2) is 0 Å². The van der Waals surface area contributed by atoms with Crippen LogP contribution in [0.1, 0.15) is 0 Å². The molecule has 0 amide bonds. The zero-order valence-corrected chi connectivity index (χ0v) is 3.42. The summed E-state index contributed by atoms with van der Waals surface area (Å²) in [6.45, 7) is 0. The van der Waals surface area contributed by atoms with Crippen molar-refractivity contribution in [2.45, 2.75) is 0 Å². The summed E-state index contributed by atoms with van der Waals surface area (Å²) >= 11 is 0. The van der Waals surface area contributed by atoms with Gasteiger partial charge in [-0.25, -0.2) is 5.84 Å². The van der Waals surface area contributed by atoms with Crippen molar-refractivity contribution in [1.82, 2.24) is 26.4 Å². The fourth-order valence-corrected chi connectivity index (χ4v) is 0.263. The van der Waals surface area contributed by atoms with Crippen LogP contribution in [0.2, 0.25) is 0 Å². The van der Waals surface area contributed by atoms with Gasteiger partial charge in [0, 0.05) is 0 Å². The fraction of sp³-hybridized carbons (Fsp3) is 0. The van der Waals surface area contributed by atoms with E-state index in [2.05, 4.69) is 10.1 Å². The summed E-state index contributed by atoms with van der Waals surface area (Å²) in [7, 11) is 0. The van der Waals surface area contributed by atoms with Crippen molar-refractivity contribution >= 4 is 5.95 Å². The number of nitrogens with one attached hydrogen (secondary N) is 2. The average molecular weight is 97.1 g/mol. The van der Waals surface area contributed by atoms with Crippen LogP contribution in [-0.2, 0) is 0 Å². The molecule has 0 saturated carbocycles. The molecule has 2 radical (unpaired) electrons. The third-order valence-corrected chi connectivity index (χ3v) is 0.492. The van der Waals surface area contributed by atoms with Gasteiger partial charge >= 0.3 is 0 Å². The Balaban J connectivity index is 3.04. The van der Waals surface area contributed by atoms with Gasteiger partial charge < -0.3 is 0 Å². The third kappa shape index (κ3) is 0.594. The summed E-state index contributed by atoms with van der Waals surface area (Å²) < 4.78 is 0. The first-order valence-corrected chi connectivity index (χ1v) is 1.64. The predicted octanol–water partition coefficient (Wildman–Crippen LogP) is -0.762. The lowest BCUT2D eigenvalue weighted by atomic mass is 11.1. The molecule has 1 aromatic heterocycles. The molecular weight excluding hydrogens is 94.1 g/mol. The number of hydrogen-bond donors (Lipinski definition) is 0. The van der Waals surface area contributed by atoms with E-state index in [1.54, 1.807) is 0 Å². The lowest BCUT2D eigenvalue weighted by Crippen LogP contribution is -1.91. The average Bonchev–Trinajstić information content (AvgIpc) is 1.87. The second-order valence-corrected chi connectivity index (χ2v) is 1.01. The molecule has 0 bridgehead atoms. The Hall–Kier alpha value is -1.26. The Morgan fingerprint density at radius 2 is 2.43 bits per heavy atom. The van der Waals surface area contributed by atoms with Crippen LogP contribution in [0.25, 0.3) is 0 Å². The van der Waals surface area contributed by atoms with Gasteiger partial charge in [0.2, 0.25) is 0 Å². The van der Waals surface area contributed by atoms with Gasteiger partial charge in [-0.2, -0.15) is 4.98 Å². The maximum Gasteiger partial charge on any atom is 0.263 e. The standard InChI is InChI=1S/C2H3N5/c3-2-5-1-7(4)6-2/h1,3-4H. The molecule has 36 valence electrons. The maximum absolute atomic E-state index is 6.65. The normalized spacial score (nSPS) is 9.14. The molecule has 7 heavy (non-hydrogen) atoms. The summed E-state index contributed by atoms with van der Waals surface area (Å²) in [5, 5.41) is 3.25. The molecule has 0 aliphatic heterocycles. The lowest BCUT2D eigenvalue weighted by Gasteiger charge is -1.74. The molecule has 1 rings (SSSR count). The fourth-order valence-electron chi connectivity index (χ4n) is 0.263. The van der Waals surface area contributed by atoms with E-state index in [9.17, 15) is 0 Å². The van der Waals surface area contributed by atoms with Gasteiger partial charge in [-0.05, 0) is 0 Å². The molecule has 1 aromatic rings. The molecule has 0 saturated heterocycles. The van der Waals surface area contributed by atoms with Crippen molar-refractivity contribution in [3.63, 3.8) is 0 Å². The summed E-state index contributed by atoms with van der Waals surface area (Å²) in [5.74, 6) is 6.52. The largest absolute Gasteiger partial charge is 0.264 e. The van der Waals surface area contributed by atoms with Crippen molar-refractivity contribution in [2.24, 2.45) is 0 Å². The second kappa shape index (κ2) is 1.11. The van der Waals surface area contributed by atoms with Crippen molar-refractivity contribution < 1.29 is 0 Å². The quantitative estimate of drug-likeness (QED) is 0.426. The number of aromatic nitrogens is 3. The second-order valence-electron chi connectivity index (χ2n) is 1.01. The predicted molar refractivity (Wildman–Crippen MR) is 21.3 cm³/mol. The van der Waals surface area contributed by atoms with Crippen LogP contribution in [0.4, 0.5) is 5.95 Å². The number of nitrogens with zero attached hydrogens (tertiary/aromatic N) is 3. The molecular formula is C2H3N5. The first-order chi connectivity index (χ1) is 3.29. The van der Waals surface area contributed by atoms with Crippen molar-refractivity contribution in [1.29, 1.82) is 0 Å². The van der Waals surface area contributed by atoms with E-state index in [4.69, 9.17) is 11.6 Å². The third-order valence-electron chi connectivity index (χ3n) is 0.492. The van der Waals surface area contributed by atoms with Crippen molar-refractivity contribution in [2.75, 3.05) is 0 Å². The minimum Gasteiger partial charge on any atom is -0.264 e. The highest BCUT2D eigenvalue weighted by molar-refractivity contribution is 5.01. The van der Waals surface area contributed by atoms with Crippen molar-refractivity contribution in [3.05, 3.63) is 6.33 Å². The van der Waals surface area contributed by atoms with E-state index in [1.165, 1.54) is 0 Å². The van der Waals surface area contributed by atoms with Gasteiger partial charge in [-0.15, -0.1) is 9.89 Å². The van der Waals surface area contributed by atoms with Crippen LogP contribution in [0.15, 0.2) is 6.33 Å². The molecule has 0 aliphatic carbocycles. The zero-order valence-electron chi connectivity index (χ0n) is 3.42. The molecule has 5 nitrogen and oxygen atoms in total. The molecule has 0 unspecified atom stereocenters. The van der Waals surface area contributed by atoms with Gasteiger partial charge in [-0.3, -0.25) is 5.73 Å². The Morgan fingerprint density at radius 1 is 1.71 bits per heavy atom. The van der Waals surface area contributed by atoms with Gasteiger partial charge in [0.25, 0.3) is 5.95 Å². The Labute approximate surface area is 39.9 Å².